The predicted molar refractivity (Wildman–Crippen MR) is 164 cm³/mol. The average Bonchev–Trinajstić information content (AvgIpc) is 3.45. The van der Waals surface area contributed by atoms with Gasteiger partial charge in [0.05, 0.1) is 19.3 Å². The number of aryl methyl sites for hydroxylation is 2. The maximum Gasteiger partial charge on any atom is 0.409 e. The van der Waals surface area contributed by atoms with Gasteiger partial charge >= 0.3 is 12.1 Å². The first-order valence-electron chi connectivity index (χ1n) is 15.3. The van der Waals surface area contributed by atoms with Crippen LogP contribution < -0.4 is 10.2 Å². The quantitative estimate of drug-likeness (QED) is 0.381. The van der Waals surface area contributed by atoms with E-state index in [4.69, 9.17) is 9.72 Å². The summed E-state index contributed by atoms with van der Waals surface area (Å²) in [6.07, 6.45) is 6.15. The Bertz CT molecular complexity index is 1390. The zero-order valence-corrected chi connectivity index (χ0v) is 25.0. The summed E-state index contributed by atoms with van der Waals surface area (Å²) < 4.78 is 7.43. The molecular weight excluding hydrogens is 528 g/mol. The summed E-state index contributed by atoms with van der Waals surface area (Å²) in [5, 5.41) is 3.09. The van der Waals surface area contributed by atoms with Gasteiger partial charge in [-0.15, -0.1) is 0 Å². The number of piperidine rings is 1. The smallest absolute Gasteiger partial charge is 0.409 e. The van der Waals surface area contributed by atoms with Crippen LogP contribution in [0.4, 0.5) is 21.0 Å². The first-order valence-corrected chi connectivity index (χ1v) is 15.3. The number of benzene rings is 2. The molecular formula is C33H42N6O3. The standard InChI is InChI=1S/C33H42N6O3/c1-23-10-12-25(13-11-23)35-32(40)38(26-8-5-4-6-9-26)18-7-17-37-27-14-15-28(37)21-29(20-27)39-24(2)34-30-22-36(33(41)42-3)19-16-31(30)39/h4-6,8-13,27-29H,7,14-22H2,1-3H3,(H,35,40)/t27-,28-/m1/s1. The summed E-state index contributed by atoms with van der Waals surface area (Å²) >= 11 is 0. The molecule has 9 nitrogen and oxygen atoms in total. The molecule has 2 fully saturated rings. The molecule has 0 unspecified atom stereocenters. The molecule has 1 aromatic heterocycles. The van der Waals surface area contributed by atoms with Crippen molar-refractivity contribution in [2.45, 2.75) is 77.0 Å². The van der Waals surface area contributed by atoms with Crippen molar-refractivity contribution in [2.24, 2.45) is 0 Å². The van der Waals surface area contributed by atoms with E-state index >= 15 is 0 Å². The third-order valence-electron chi connectivity index (χ3n) is 9.30. The molecule has 4 heterocycles. The third-order valence-corrected chi connectivity index (χ3v) is 9.30. The molecule has 6 rings (SSSR count). The highest BCUT2D eigenvalue weighted by molar-refractivity contribution is 6.01. The predicted octanol–water partition coefficient (Wildman–Crippen LogP) is 5.92. The van der Waals surface area contributed by atoms with E-state index in [1.165, 1.54) is 31.2 Å². The lowest BCUT2D eigenvalue weighted by Crippen LogP contribution is -2.45. The molecule has 3 amide bonds. The summed E-state index contributed by atoms with van der Waals surface area (Å²) in [7, 11) is 1.44. The fourth-order valence-electron chi connectivity index (χ4n) is 7.33. The van der Waals surface area contributed by atoms with Gasteiger partial charge in [0, 0.05) is 61.2 Å². The first kappa shape index (κ1) is 28.3. The number of methoxy groups -OCH3 is 1. The Morgan fingerprint density at radius 2 is 1.71 bits per heavy atom. The minimum absolute atomic E-state index is 0.0992. The maximum atomic E-state index is 13.4. The second kappa shape index (κ2) is 12.2. The molecule has 2 bridgehead atoms. The van der Waals surface area contributed by atoms with Crippen molar-refractivity contribution in [1.82, 2.24) is 19.4 Å². The van der Waals surface area contributed by atoms with E-state index in [-0.39, 0.29) is 12.1 Å². The van der Waals surface area contributed by atoms with Crippen molar-refractivity contribution in [3.8, 4) is 0 Å². The second-order valence-corrected chi connectivity index (χ2v) is 11.9. The average molecular weight is 571 g/mol. The number of carbonyl (C=O) groups is 2. The van der Waals surface area contributed by atoms with Crippen LogP contribution in [0.25, 0.3) is 0 Å². The number of aromatic nitrogens is 2. The molecule has 42 heavy (non-hydrogen) atoms. The zero-order valence-electron chi connectivity index (χ0n) is 25.0. The van der Waals surface area contributed by atoms with Gasteiger partial charge in [0.15, 0.2) is 0 Å². The molecule has 0 aliphatic carbocycles. The lowest BCUT2D eigenvalue weighted by Gasteiger charge is -2.41. The lowest BCUT2D eigenvalue weighted by atomic mass is 9.95. The topological polar surface area (TPSA) is 82.9 Å². The number of rotatable bonds is 7. The summed E-state index contributed by atoms with van der Waals surface area (Å²) in [5.74, 6) is 1.06. The fraction of sp³-hybridized carbons (Fsp3) is 0.485. The SMILES string of the molecule is COC(=O)N1CCc2c(nc(C)n2C2C[C@H]3CC[C@H](C2)N3CCCN(C(=O)Nc2ccc(C)cc2)c2ccccc2)C1. The van der Waals surface area contributed by atoms with Crippen LogP contribution in [-0.4, -0.2) is 70.3 Å². The van der Waals surface area contributed by atoms with E-state index < -0.39 is 0 Å². The molecule has 0 spiro atoms. The van der Waals surface area contributed by atoms with Crippen molar-refractivity contribution < 1.29 is 14.3 Å². The van der Waals surface area contributed by atoms with Gasteiger partial charge in [0.2, 0.25) is 0 Å². The van der Waals surface area contributed by atoms with E-state index in [0.717, 1.165) is 55.1 Å². The molecule has 0 saturated carbocycles. The number of para-hydroxylation sites is 1. The zero-order chi connectivity index (χ0) is 29.2. The van der Waals surface area contributed by atoms with E-state index in [9.17, 15) is 9.59 Å². The van der Waals surface area contributed by atoms with Gasteiger partial charge in [-0.1, -0.05) is 35.9 Å². The van der Waals surface area contributed by atoms with E-state index in [0.29, 0.717) is 37.8 Å². The van der Waals surface area contributed by atoms with Crippen LogP contribution in [0.15, 0.2) is 54.6 Å². The van der Waals surface area contributed by atoms with Crippen LogP contribution in [0, 0.1) is 13.8 Å². The molecule has 2 atom stereocenters. The van der Waals surface area contributed by atoms with Crippen molar-refractivity contribution in [2.75, 3.05) is 37.0 Å². The normalized spacial score (nSPS) is 21.6. The Labute approximate surface area is 248 Å². The molecule has 222 valence electrons. The van der Waals surface area contributed by atoms with Crippen molar-refractivity contribution in [1.29, 1.82) is 0 Å². The largest absolute Gasteiger partial charge is 0.453 e. The second-order valence-electron chi connectivity index (χ2n) is 11.9. The van der Waals surface area contributed by atoms with Crippen LogP contribution >= 0.6 is 0 Å². The molecule has 1 N–H and O–H groups in total. The number of hydrogen-bond donors (Lipinski definition) is 1. The van der Waals surface area contributed by atoms with Crippen LogP contribution in [-0.2, 0) is 17.7 Å². The Balaban J connectivity index is 1.09. The van der Waals surface area contributed by atoms with Gasteiger partial charge in [0.1, 0.15) is 5.82 Å². The number of ether oxygens (including phenoxy) is 1. The molecule has 3 aromatic rings. The summed E-state index contributed by atoms with van der Waals surface area (Å²) in [6, 6.07) is 19.3. The highest BCUT2D eigenvalue weighted by Crippen LogP contribution is 2.42. The minimum atomic E-state index is -0.280. The Hall–Kier alpha value is -3.85. The maximum absolute atomic E-state index is 13.4. The van der Waals surface area contributed by atoms with Gasteiger partial charge in [-0.25, -0.2) is 14.6 Å². The van der Waals surface area contributed by atoms with Gasteiger partial charge in [0.25, 0.3) is 0 Å². The monoisotopic (exact) mass is 570 g/mol. The van der Waals surface area contributed by atoms with Gasteiger partial charge in [-0.2, -0.15) is 0 Å². The number of imidazole rings is 1. The number of anilines is 2. The van der Waals surface area contributed by atoms with Crippen LogP contribution in [0.2, 0.25) is 0 Å². The third kappa shape index (κ3) is 5.75. The highest BCUT2D eigenvalue weighted by atomic mass is 16.5. The summed E-state index contributed by atoms with van der Waals surface area (Å²) in [6.45, 7) is 6.99. The van der Waals surface area contributed by atoms with Crippen LogP contribution in [0.5, 0.6) is 0 Å². The lowest BCUT2D eigenvalue weighted by molar-refractivity contribution is 0.103. The number of fused-ring (bicyclic) bond motifs is 3. The number of amides is 3. The molecule has 2 aromatic carbocycles. The molecule has 3 aliphatic heterocycles. The Morgan fingerprint density at radius 3 is 2.40 bits per heavy atom. The Morgan fingerprint density at radius 1 is 1.00 bits per heavy atom. The fourth-order valence-corrected chi connectivity index (χ4v) is 7.33. The molecule has 3 aliphatic rings. The van der Waals surface area contributed by atoms with Gasteiger partial charge in [-0.05, 0) is 70.2 Å². The first-order chi connectivity index (χ1) is 20.4. The highest BCUT2D eigenvalue weighted by Gasteiger charge is 2.42. The summed E-state index contributed by atoms with van der Waals surface area (Å²) in [5.41, 5.74) is 5.20. The summed E-state index contributed by atoms with van der Waals surface area (Å²) in [4.78, 5) is 36.7. The molecule has 2 saturated heterocycles. The van der Waals surface area contributed by atoms with E-state index in [2.05, 4.69) is 21.7 Å². The van der Waals surface area contributed by atoms with Gasteiger partial charge in [-0.3, -0.25) is 9.80 Å². The molecule has 9 heteroatoms. The Kier molecular flexibility index (Phi) is 8.20. The van der Waals surface area contributed by atoms with E-state index in [1.807, 2.05) is 66.4 Å². The molecule has 0 radical (unpaired) electrons. The van der Waals surface area contributed by atoms with Crippen molar-refractivity contribution in [3.05, 3.63) is 77.4 Å². The number of nitrogens with one attached hydrogen (secondary N) is 1. The number of carbonyl (C=O) groups excluding carboxylic acids is 2. The van der Waals surface area contributed by atoms with E-state index in [1.54, 1.807) is 4.90 Å². The minimum Gasteiger partial charge on any atom is -0.453 e. The van der Waals surface area contributed by atoms with Gasteiger partial charge < -0.3 is 19.5 Å². The number of hydrogen-bond acceptors (Lipinski definition) is 5. The number of urea groups is 1. The van der Waals surface area contributed by atoms with Crippen LogP contribution in [0.1, 0.15) is 60.9 Å². The van der Waals surface area contributed by atoms with Crippen LogP contribution in [0.3, 0.4) is 0 Å². The van der Waals surface area contributed by atoms with Crippen molar-refractivity contribution in [3.63, 3.8) is 0 Å². The number of nitrogens with zero attached hydrogens (tertiary/aromatic N) is 5. The van der Waals surface area contributed by atoms with Crippen molar-refractivity contribution >= 4 is 23.5 Å².